The van der Waals surface area contributed by atoms with Gasteiger partial charge in [-0.1, -0.05) is 6.92 Å². The number of benzene rings is 1. The molecule has 0 saturated heterocycles. The lowest BCUT2D eigenvalue weighted by molar-refractivity contribution is 0.0697. The lowest BCUT2D eigenvalue weighted by Crippen LogP contribution is -2.12. The van der Waals surface area contributed by atoms with Gasteiger partial charge in [-0.25, -0.2) is 14.6 Å². The van der Waals surface area contributed by atoms with Crippen molar-refractivity contribution in [3.8, 4) is 5.69 Å². The van der Waals surface area contributed by atoms with Crippen molar-refractivity contribution >= 4 is 17.7 Å². The first-order chi connectivity index (χ1) is 9.52. The summed E-state index contributed by atoms with van der Waals surface area (Å²) in [7, 11) is 0. The molecule has 0 fully saturated rings. The third-order valence-corrected chi connectivity index (χ3v) is 2.78. The SMILES string of the molecule is CCc1nccn1-c1cc(C(=O)O)ccc1NC(=O)O. The van der Waals surface area contributed by atoms with Crippen molar-refractivity contribution in [3.63, 3.8) is 0 Å². The van der Waals surface area contributed by atoms with Crippen LogP contribution in [-0.2, 0) is 6.42 Å². The number of aryl methyl sites for hydroxylation is 1. The summed E-state index contributed by atoms with van der Waals surface area (Å²) in [5.74, 6) is -0.368. The number of carbonyl (C=O) groups is 2. The first-order valence-electron chi connectivity index (χ1n) is 5.92. The van der Waals surface area contributed by atoms with Crippen LogP contribution < -0.4 is 5.32 Å². The van der Waals surface area contributed by atoms with Crippen molar-refractivity contribution in [2.75, 3.05) is 5.32 Å². The van der Waals surface area contributed by atoms with E-state index < -0.39 is 12.1 Å². The highest BCUT2D eigenvalue weighted by Crippen LogP contribution is 2.23. The van der Waals surface area contributed by atoms with Crippen LogP contribution in [0, 0.1) is 0 Å². The molecular formula is C13H13N3O4. The highest BCUT2D eigenvalue weighted by molar-refractivity contribution is 5.92. The van der Waals surface area contributed by atoms with Gasteiger partial charge in [0.1, 0.15) is 5.82 Å². The van der Waals surface area contributed by atoms with E-state index in [0.29, 0.717) is 23.6 Å². The Morgan fingerprint density at radius 2 is 2.10 bits per heavy atom. The molecule has 7 nitrogen and oxygen atoms in total. The number of carboxylic acids is 1. The molecule has 1 amide bonds. The molecule has 0 bridgehead atoms. The van der Waals surface area contributed by atoms with Crippen LogP contribution >= 0.6 is 0 Å². The number of nitrogens with zero attached hydrogens (tertiary/aromatic N) is 2. The number of nitrogens with one attached hydrogen (secondary N) is 1. The van der Waals surface area contributed by atoms with E-state index in [9.17, 15) is 9.59 Å². The number of hydrogen-bond donors (Lipinski definition) is 3. The van der Waals surface area contributed by atoms with E-state index in [1.54, 1.807) is 17.0 Å². The Kier molecular flexibility index (Phi) is 3.69. The number of amides is 1. The Balaban J connectivity index is 2.60. The number of aromatic carboxylic acids is 1. The summed E-state index contributed by atoms with van der Waals surface area (Å²) in [4.78, 5) is 26.0. The molecule has 20 heavy (non-hydrogen) atoms. The van der Waals surface area contributed by atoms with E-state index in [-0.39, 0.29) is 5.56 Å². The van der Waals surface area contributed by atoms with Crippen molar-refractivity contribution in [2.45, 2.75) is 13.3 Å². The zero-order valence-electron chi connectivity index (χ0n) is 10.7. The minimum atomic E-state index is -1.22. The molecule has 2 aromatic rings. The molecule has 0 saturated carbocycles. The molecule has 7 heteroatoms. The van der Waals surface area contributed by atoms with E-state index in [2.05, 4.69) is 10.3 Å². The second-order valence-corrected chi connectivity index (χ2v) is 4.03. The molecule has 1 aromatic carbocycles. The number of rotatable bonds is 4. The zero-order valence-corrected chi connectivity index (χ0v) is 10.7. The molecule has 0 aliphatic rings. The van der Waals surface area contributed by atoms with Crippen LogP contribution in [0.1, 0.15) is 23.1 Å². The smallest absolute Gasteiger partial charge is 0.409 e. The van der Waals surface area contributed by atoms with Gasteiger partial charge in [0, 0.05) is 18.8 Å². The van der Waals surface area contributed by atoms with Crippen molar-refractivity contribution in [1.29, 1.82) is 0 Å². The molecule has 1 aromatic heterocycles. The van der Waals surface area contributed by atoms with Gasteiger partial charge in [0.05, 0.1) is 16.9 Å². The highest BCUT2D eigenvalue weighted by Gasteiger charge is 2.13. The van der Waals surface area contributed by atoms with Crippen LogP contribution in [0.5, 0.6) is 0 Å². The molecule has 0 aliphatic heterocycles. The highest BCUT2D eigenvalue weighted by atomic mass is 16.4. The molecule has 104 valence electrons. The average molecular weight is 275 g/mol. The summed E-state index contributed by atoms with van der Waals surface area (Å²) in [6.07, 6.45) is 2.66. The lowest BCUT2D eigenvalue weighted by atomic mass is 10.1. The van der Waals surface area contributed by atoms with E-state index in [1.165, 1.54) is 18.2 Å². The molecule has 0 aliphatic carbocycles. The zero-order chi connectivity index (χ0) is 14.7. The maximum absolute atomic E-state index is 11.0. The maximum atomic E-state index is 11.0. The van der Waals surface area contributed by atoms with Crippen LogP contribution in [0.25, 0.3) is 5.69 Å². The molecule has 0 spiro atoms. The van der Waals surface area contributed by atoms with Gasteiger partial charge in [-0.15, -0.1) is 0 Å². The fourth-order valence-electron chi connectivity index (χ4n) is 1.90. The normalized spacial score (nSPS) is 10.2. The van der Waals surface area contributed by atoms with Gasteiger partial charge in [0.2, 0.25) is 0 Å². The summed E-state index contributed by atoms with van der Waals surface area (Å²) in [6.45, 7) is 1.91. The summed E-state index contributed by atoms with van der Waals surface area (Å²) in [5, 5.41) is 20.1. The molecule has 3 N–H and O–H groups in total. The predicted octanol–water partition coefficient (Wildman–Crippen LogP) is 2.22. The van der Waals surface area contributed by atoms with Gasteiger partial charge < -0.3 is 14.8 Å². The molecule has 1 heterocycles. The summed E-state index contributed by atoms with van der Waals surface area (Å²) in [5.41, 5.74) is 0.809. The molecule has 0 radical (unpaired) electrons. The van der Waals surface area contributed by atoms with Gasteiger partial charge in [0.25, 0.3) is 0 Å². The van der Waals surface area contributed by atoms with Gasteiger partial charge in [-0.3, -0.25) is 5.32 Å². The van der Waals surface area contributed by atoms with Gasteiger partial charge in [-0.05, 0) is 18.2 Å². The third kappa shape index (κ3) is 2.61. The van der Waals surface area contributed by atoms with Gasteiger partial charge in [0.15, 0.2) is 0 Å². The Labute approximate surface area is 114 Å². The van der Waals surface area contributed by atoms with Crippen molar-refractivity contribution in [3.05, 3.63) is 42.0 Å². The average Bonchev–Trinajstić information content (AvgIpc) is 2.86. The Morgan fingerprint density at radius 1 is 1.35 bits per heavy atom. The third-order valence-electron chi connectivity index (χ3n) is 2.78. The standard InChI is InChI=1S/C13H13N3O4/c1-2-11-14-5-6-16(11)10-7-8(12(17)18)3-4-9(10)15-13(19)20/h3-7,15H,2H2,1H3,(H,17,18)(H,19,20). The number of imidazole rings is 1. The van der Waals surface area contributed by atoms with E-state index >= 15 is 0 Å². The molecular weight excluding hydrogens is 262 g/mol. The van der Waals surface area contributed by atoms with Crippen LogP contribution in [0.3, 0.4) is 0 Å². The van der Waals surface area contributed by atoms with E-state index in [1.807, 2.05) is 6.92 Å². The topological polar surface area (TPSA) is 104 Å². The number of carboxylic acid groups (broad SMARTS) is 2. The lowest BCUT2D eigenvalue weighted by Gasteiger charge is -2.13. The fraction of sp³-hybridized carbons (Fsp3) is 0.154. The predicted molar refractivity (Wildman–Crippen MR) is 71.5 cm³/mol. The quantitative estimate of drug-likeness (QED) is 0.793. The van der Waals surface area contributed by atoms with Crippen LogP contribution in [0.4, 0.5) is 10.5 Å². The number of hydrogen-bond acceptors (Lipinski definition) is 3. The van der Waals surface area contributed by atoms with Crippen LogP contribution in [-0.4, -0.2) is 31.8 Å². The largest absolute Gasteiger partial charge is 0.478 e. The summed E-state index contributed by atoms with van der Waals surface area (Å²) >= 11 is 0. The molecule has 0 unspecified atom stereocenters. The second-order valence-electron chi connectivity index (χ2n) is 4.03. The summed E-state index contributed by atoms with van der Waals surface area (Å²) in [6, 6.07) is 4.18. The molecule has 0 atom stereocenters. The van der Waals surface area contributed by atoms with Crippen LogP contribution in [0.15, 0.2) is 30.6 Å². The Morgan fingerprint density at radius 3 is 2.70 bits per heavy atom. The first-order valence-corrected chi connectivity index (χ1v) is 5.92. The maximum Gasteiger partial charge on any atom is 0.409 e. The Hall–Kier alpha value is -2.83. The fourth-order valence-corrected chi connectivity index (χ4v) is 1.90. The molecule has 2 rings (SSSR count). The van der Waals surface area contributed by atoms with Gasteiger partial charge >= 0.3 is 12.1 Å². The second kappa shape index (κ2) is 5.43. The van der Waals surface area contributed by atoms with E-state index in [4.69, 9.17) is 10.2 Å². The van der Waals surface area contributed by atoms with Gasteiger partial charge in [-0.2, -0.15) is 0 Å². The van der Waals surface area contributed by atoms with Crippen molar-refractivity contribution in [1.82, 2.24) is 9.55 Å². The minimum absolute atomic E-state index is 0.0756. The number of anilines is 1. The van der Waals surface area contributed by atoms with Crippen molar-refractivity contribution in [2.24, 2.45) is 0 Å². The van der Waals surface area contributed by atoms with Crippen molar-refractivity contribution < 1.29 is 19.8 Å². The number of aromatic nitrogens is 2. The van der Waals surface area contributed by atoms with E-state index in [0.717, 1.165) is 0 Å². The monoisotopic (exact) mass is 275 g/mol. The van der Waals surface area contributed by atoms with Crippen LogP contribution in [0.2, 0.25) is 0 Å². The minimum Gasteiger partial charge on any atom is -0.478 e. The first kappa shape index (κ1) is 13.6. The Bertz CT molecular complexity index is 663. The summed E-state index contributed by atoms with van der Waals surface area (Å²) < 4.78 is 1.66.